The maximum atomic E-state index is 13.7. The van der Waals surface area contributed by atoms with E-state index in [9.17, 15) is 21.6 Å². The largest absolute Gasteiger partial charge is 0.355 e. The molecule has 1 atom stereocenters. The monoisotopic (exact) mass is 521 g/mol. The zero-order valence-corrected chi connectivity index (χ0v) is 20.6. The molecule has 2 heterocycles. The molecule has 8 nitrogen and oxygen atoms in total. The molecular formula is C23H24ClN3O5S2. The Hall–Kier alpha value is -2.66. The van der Waals surface area contributed by atoms with Gasteiger partial charge in [-0.3, -0.25) is 4.79 Å². The van der Waals surface area contributed by atoms with Crippen LogP contribution in [0.1, 0.15) is 25.0 Å². The Balaban J connectivity index is 1.78. The van der Waals surface area contributed by atoms with Gasteiger partial charge in [-0.05, 0) is 67.8 Å². The van der Waals surface area contributed by atoms with Gasteiger partial charge in [0.2, 0.25) is 15.9 Å². The van der Waals surface area contributed by atoms with Crippen LogP contribution in [0.3, 0.4) is 0 Å². The number of nitrogens with zero attached hydrogens (tertiary/aromatic N) is 2. The van der Waals surface area contributed by atoms with Gasteiger partial charge in [0.05, 0.1) is 16.3 Å². The van der Waals surface area contributed by atoms with Crippen LogP contribution >= 0.6 is 11.6 Å². The molecule has 34 heavy (non-hydrogen) atoms. The summed E-state index contributed by atoms with van der Waals surface area (Å²) < 4.78 is 56.0. The molecular weight excluding hydrogens is 498 g/mol. The summed E-state index contributed by atoms with van der Waals surface area (Å²) in [6.45, 7) is 0.158. The van der Waals surface area contributed by atoms with Crippen molar-refractivity contribution in [2.24, 2.45) is 0 Å². The van der Waals surface area contributed by atoms with Crippen molar-refractivity contribution in [3.63, 3.8) is 0 Å². The highest BCUT2D eigenvalue weighted by Crippen LogP contribution is 2.27. The van der Waals surface area contributed by atoms with E-state index in [4.69, 9.17) is 11.6 Å². The van der Waals surface area contributed by atoms with Gasteiger partial charge in [0, 0.05) is 23.5 Å². The number of hydrogen-bond acceptors (Lipinski definition) is 5. The topological polar surface area (TPSA) is 106 Å². The lowest BCUT2D eigenvalue weighted by Gasteiger charge is -2.29. The molecule has 3 aromatic rings. The van der Waals surface area contributed by atoms with E-state index in [1.165, 1.54) is 48.7 Å². The fourth-order valence-electron chi connectivity index (χ4n) is 3.93. The smallest absolute Gasteiger partial charge is 0.267 e. The summed E-state index contributed by atoms with van der Waals surface area (Å²) in [6.07, 6.45) is 3.08. The van der Waals surface area contributed by atoms with Gasteiger partial charge in [-0.1, -0.05) is 29.8 Å². The number of hydrogen-bond donors (Lipinski definition) is 1. The summed E-state index contributed by atoms with van der Waals surface area (Å²) in [6, 6.07) is 15.6. The number of sulfonamides is 1. The highest BCUT2D eigenvalue weighted by Gasteiger charge is 2.37. The lowest BCUT2D eigenvalue weighted by Crippen LogP contribution is -2.48. The maximum Gasteiger partial charge on any atom is 0.267 e. The molecule has 0 aliphatic carbocycles. The number of halogens is 1. The quantitative estimate of drug-likeness (QED) is 0.514. The predicted molar refractivity (Wildman–Crippen MR) is 128 cm³/mol. The fourth-order valence-corrected chi connectivity index (χ4v) is 7.03. The molecule has 180 valence electrons. The van der Waals surface area contributed by atoms with Crippen molar-refractivity contribution in [3.05, 3.63) is 83.6 Å². The molecule has 0 radical (unpaired) electrons. The summed E-state index contributed by atoms with van der Waals surface area (Å²) >= 11 is 5.94. The Bertz CT molecular complexity index is 1370. The molecule has 11 heteroatoms. The Morgan fingerprint density at radius 1 is 0.912 bits per heavy atom. The Morgan fingerprint density at radius 3 is 2.32 bits per heavy atom. The molecule has 1 amide bonds. The van der Waals surface area contributed by atoms with Crippen molar-refractivity contribution < 1.29 is 21.6 Å². The highest BCUT2D eigenvalue weighted by molar-refractivity contribution is 7.90. The van der Waals surface area contributed by atoms with Crippen LogP contribution in [0, 0.1) is 0 Å². The van der Waals surface area contributed by atoms with Crippen molar-refractivity contribution in [2.75, 3.05) is 6.54 Å². The van der Waals surface area contributed by atoms with E-state index in [-0.39, 0.29) is 22.0 Å². The summed E-state index contributed by atoms with van der Waals surface area (Å²) in [5, 5.41) is 3.14. The number of rotatable bonds is 7. The van der Waals surface area contributed by atoms with E-state index in [1.54, 1.807) is 24.3 Å². The van der Waals surface area contributed by atoms with Crippen LogP contribution in [0.25, 0.3) is 0 Å². The number of carbonyl (C=O) groups excluding carboxylic acids is 1. The molecule has 2 aromatic carbocycles. The Morgan fingerprint density at radius 2 is 1.62 bits per heavy atom. The zero-order chi connectivity index (χ0) is 24.3. The van der Waals surface area contributed by atoms with E-state index in [0.717, 1.165) is 14.7 Å². The highest BCUT2D eigenvalue weighted by atomic mass is 35.5. The number of nitrogens with one attached hydrogen (secondary N) is 1. The number of aromatic nitrogens is 1. The first-order valence-corrected chi connectivity index (χ1v) is 14.0. The van der Waals surface area contributed by atoms with Gasteiger partial charge in [-0.25, -0.2) is 20.8 Å². The van der Waals surface area contributed by atoms with Crippen molar-refractivity contribution in [1.82, 2.24) is 13.6 Å². The third kappa shape index (κ3) is 4.90. The van der Waals surface area contributed by atoms with Gasteiger partial charge in [-0.2, -0.15) is 4.31 Å². The van der Waals surface area contributed by atoms with Crippen LogP contribution in [0.2, 0.25) is 5.02 Å². The molecule has 0 spiro atoms. The van der Waals surface area contributed by atoms with Crippen LogP contribution in [0.4, 0.5) is 0 Å². The van der Waals surface area contributed by atoms with Gasteiger partial charge in [0.1, 0.15) is 6.04 Å². The molecule has 1 fully saturated rings. The van der Waals surface area contributed by atoms with E-state index < -0.39 is 32.0 Å². The molecule has 1 unspecified atom stereocenters. The molecule has 1 N–H and O–H groups in total. The first kappa shape index (κ1) is 24.5. The Labute approximate surface area is 204 Å². The summed E-state index contributed by atoms with van der Waals surface area (Å²) in [7, 11) is -8.13. The van der Waals surface area contributed by atoms with E-state index in [1.807, 2.05) is 0 Å². The van der Waals surface area contributed by atoms with E-state index in [2.05, 4.69) is 5.32 Å². The standard InChI is InChI=1S/C23H24ClN3O5S2/c24-18-11-13-21(14-12-18)34(31,32)27(22-10-4-5-15-25-23(22)28)17-19-7-6-16-26(19)33(29,30)20-8-2-1-3-9-20/h1-3,6-9,11-14,16,22H,4-5,10,15,17H2,(H,25,28). The third-order valence-electron chi connectivity index (χ3n) is 5.69. The second-order valence-electron chi connectivity index (χ2n) is 7.92. The molecule has 4 rings (SSSR count). The van der Waals surface area contributed by atoms with Crippen molar-refractivity contribution >= 4 is 37.6 Å². The normalized spacial score (nSPS) is 17.4. The molecule has 1 aromatic heterocycles. The molecule has 1 aliphatic rings. The Kier molecular flexibility index (Phi) is 7.13. The average Bonchev–Trinajstić information content (AvgIpc) is 3.20. The molecule has 0 bridgehead atoms. The fraction of sp³-hybridized carbons (Fsp3) is 0.261. The lowest BCUT2D eigenvalue weighted by molar-refractivity contribution is -0.124. The number of benzene rings is 2. The summed E-state index contributed by atoms with van der Waals surface area (Å²) in [5.74, 6) is -0.404. The average molecular weight is 522 g/mol. The van der Waals surface area contributed by atoms with Gasteiger partial charge in [0.15, 0.2) is 0 Å². The van der Waals surface area contributed by atoms with E-state index >= 15 is 0 Å². The van der Waals surface area contributed by atoms with Gasteiger partial charge in [-0.15, -0.1) is 0 Å². The van der Waals surface area contributed by atoms with Crippen molar-refractivity contribution in [1.29, 1.82) is 0 Å². The van der Waals surface area contributed by atoms with Gasteiger partial charge < -0.3 is 5.32 Å². The first-order valence-electron chi connectivity index (χ1n) is 10.7. The minimum Gasteiger partial charge on any atom is -0.355 e. The minimum absolute atomic E-state index is 0.0297. The zero-order valence-electron chi connectivity index (χ0n) is 18.2. The van der Waals surface area contributed by atoms with Crippen molar-refractivity contribution in [2.45, 2.75) is 41.6 Å². The SMILES string of the molecule is O=C1NCCCCC1N(Cc1cccn1S(=O)(=O)c1ccccc1)S(=O)(=O)c1ccc(Cl)cc1. The van der Waals surface area contributed by atoms with Crippen LogP contribution in [0.5, 0.6) is 0 Å². The second-order valence-corrected chi connectivity index (χ2v) is 12.1. The van der Waals surface area contributed by atoms with Gasteiger partial charge >= 0.3 is 0 Å². The molecule has 1 saturated heterocycles. The summed E-state index contributed by atoms with van der Waals surface area (Å²) in [5.41, 5.74) is 0.221. The third-order valence-corrected chi connectivity index (χ3v) is 9.55. The summed E-state index contributed by atoms with van der Waals surface area (Å²) in [4.78, 5) is 12.9. The lowest BCUT2D eigenvalue weighted by atomic mass is 10.1. The maximum absolute atomic E-state index is 13.7. The minimum atomic E-state index is -4.16. The van der Waals surface area contributed by atoms with Crippen LogP contribution in [-0.2, 0) is 31.4 Å². The number of carbonyl (C=O) groups is 1. The van der Waals surface area contributed by atoms with Crippen LogP contribution in [0.15, 0.2) is 82.7 Å². The number of amides is 1. The van der Waals surface area contributed by atoms with Crippen LogP contribution in [-0.4, -0.2) is 43.6 Å². The molecule has 0 saturated carbocycles. The first-order chi connectivity index (χ1) is 16.2. The van der Waals surface area contributed by atoms with Gasteiger partial charge in [0.25, 0.3) is 10.0 Å². The van der Waals surface area contributed by atoms with E-state index in [0.29, 0.717) is 24.4 Å². The predicted octanol–water partition coefficient (Wildman–Crippen LogP) is 3.24. The van der Waals surface area contributed by atoms with Crippen molar-refractivity contribution in [3.8, 4) is 0 Å². The molecule has 1 aliphatic heterocycles. The van der Waals surface area contributed by atoms with Crippen LogP contribution < -0.4 is 5.32 Å². The second kappa shape index (κ2) is 9.91.